The van der Waals surface area contributed by atoms with Gasteiger partial charge in [0.1, 0.15) is 0 Å². The number of hydrogen-bond acceptors (Lipinski definition) is 3. The monoisotopic (exact) mass is 408 g/mol. The Kier molecular flexibility index (Phi) is 4.50. The molecule has 0 aliphatic carbocycles. The first kappa shape index (κ1) is 14.5. The van der Waals surface area contributed by atoms with Crippen LogP contribution in [-0.4, -0.2) is 10.9 Å². The number of fused-ring (bicyclic) bond motifs is 1. The second-order valence-corrected chi connectivity index (χ2v) is 6.99. The highest BCUT2D eigenvalue weighted by Gasteiger charge is 2.07. The van der Waals surface area contributed by atoms with Crippen molar-refractivity contribution in [2.24, 2.45) is 0 Å². The van der Waals surface area contributed by atoms with E-state index in [0.29, 0.717) is 12.8 Å². The van der Waals surface area contributed by atoms with Crippen LogP contribution in [0.4, 0.5) is 5.69 Å². The standard InChI is InChI=1S/C16H13IN2OS/c17-11-4-3-5-12(10-11)18-15(20)8-9-16-19-13-6-1-2-7-14(13)21-16/h1-7,10H,8-9H2,(H,18,20). The van der Waals surface area contributed by atoms with Crippen molar-refractivity contribution >= 4 is 55.7 Å². The number of rotatable bonds is 4. The van der Waals surface area contributed by atoms with Crippen LogP contribution in [0.1, 0.15) is 11.4 Å². The first-order valence-corrected chi connectivity index (χ1v) is 8.50. The van der Waals surface area contributed by atoms with Crippen LogP contribution >= 0.6 is 33.9 Å². The number of carbonyl (C=O) groups excluding carboxylic acids is 1. The summed E-state index contributed by atoms with van der Waals surface area (Å²) in [5.74, 6) is 0.0243. The van der Waals surface area contributed by atoms with Gasteiger partial charge in [-0.3, -0.25) is 4.79 Å². The van der Waals surface area contributed by atoms with Gasteiger partial charge in [-0.05, 0) is 52.9 Å². The third kappa shape index (κ3) is 3.79. The molecule has 0 fully saturated rings. The average Bonchev–Trinajstić information content (AvgIpc) is 2.88. The molecule has 1 aromatic heterocycles. The van der Waals surface area contributed by atoms with Gasteiger partial charge in [0.05, 0.1) is 15.2 Å². The van der Waals surface area contributed by atoms with E-state index in [4.69, 9.17) is 0 Å². The number of thiazole rings is 1. The van der Waals surface area contributed by atoms with Crippen molar-refractivity contribution in [2.45, 2.75) is 12.8 Å². The minimum absolute atomic E-state index is 0.0243. The van der Waals surface area contributed by atoms with Crippen LogP contribution < -0.4 is 5.32 Å². The van der Waals surface area contributed by atoms with Crippen molar-refractivity contribution in [2.75, 3.05) is 5.32 Å². The minimum atomic E-state index is 0.0243. The van der Waals surface area contributed by atoms with Crippen LogP contribution in [0.2, 0.25) is 0 Å². The summed E-state index contributed by atoms with van der Waals surface area (Å²) in [4.78, 5) is 16.5. The molecule has 0 unspecified atom stereocenters. The SMILES string of the molecule is O=C(CCc1nc2ccccc2s1)Nc1cccc(I)c1. The molecule has 0 aliphatic rings. The molecule has 3 rings (SSSR count). The van der Waals surface area contributed by atoms with E-state index in [0.717, 1.165) is 19.8 Å². The van der Waals surface area contributed by atoms with Gasteiger partial charge in [0.2, 0.25) is 5.91 Å². The summed E-state index contributed by atoms with van der Waals surface area (Å²) in [5.41, 5.74) is 1.85. The molecule has 21 heavy (non-hydrogen) atoms. The molecule has 0 radical (unpaired) electrons. The van der Waals surface area contributed by atoms with Crippen molar-refractivity contribution in [3.05, 3.63) is 57.1 Å². The molecule has 1 amide bonds. The lowest BCUT2D eigenvalue weighted by molar-refractivity contribution is -0.116. The zero-order valence-corrected chi connectivity index (χ0v) is 14.1. The number of halogens is 1. The first-order chi connectivity index (χ1) is 10.2. The van der Waals surface area contributed by atoms with E-state index in [1.165, 1.54) is 4.70 Å². The topological polar surface area (TPSA) is 42.0 Å². The summed E-state index contributed by atoms with van der Waals surface area (Å²) < 4.78 is 2.28. The van der Waals surface area contributed by atoms with Crippen LogP contribution in [0, 0.1) is 3.57 Å². The molecule has 0 aliphatic heterocycles. The number of anilines is 1. The lowest BCUT2D eigenvalue weighted by Crippen LogP contribution is -2.12. The number of nitrogens with one attached hydrogen (secondary N) is 1. The number of carbonyl (C=O) groups is 1. The molecule has 5 heteroatoms. The maximum Gasteiger partial charge on any atom is 0.224 e. The first-order valence-electron chi connectivity index (χ1n) is 6.60. The Bertz CT molecular complexity index is 752. The van der Waals surface area contributed by atoms with Gasteiger partial charge in [0.15, 0.2) is 0 Å². The number of benzene rings is 2. The number of aryl methyl sites for hydroxylation is 1. The highest BCUT2D eigenvalue weighted by atomic mass is 127. The predicted molar refractivity (Wildman–Crippen MR) is 95.7 cm³/mol. The lowest BCUT2D eigenvalue weighted by atomic mass is 10.2. The number of aromatic nitrogens is 1. The van der Waals surface area contributed by atoms with E-state index in [-0.39, 0.29) is 5.91 Å². The van der Waals surface area contributed by atoms with Crippen LogP contribution in [0.5, 0.6) is 0 Å². The van der Waals surface area contributed by atoms with Gasteiger partial charge in [-0.2, -0.15) is 0 Å². The number of amides is 1. The number of para-hydroxylation sites is 1. The van der Waals surface area contributed by atoms with E-state index in [2.05, 4.69) is 39.0 Å². The number of hydrogen-bond donors (Lipinski definition) is 1. The molecular weight excluding hydrogens is 395 g/mol. The molecule has 0 atom stereocenters. The fourth-order valence-electron chi connectivity index (χ4n) is 2.04. The molecule has 0 spiro atoms. The third-order valence-corrected chi connectivity index (χ3v) is 4.78. The maximum atomic E-state index is 12.0. The van der Waals surface area contributed by atoms with Crippen LogP contribution in [0.3, 0.4) is 0 Å². The van der Waals surface area contributed by atoms with E-state index in [1.54, 1.807) is 11.3 Å². The van der Waals surface area contributed by atoms with Gasteiger partial charge in [-0.15, -0.1) is 11.3 Å². The summed E-state index contributed by atoms with van der Waals surface area (Å²) in [6.07, 6.45) is 1.13. The smallest absolute Gasteiger partial charge is 0.224 e. The largest absolute Gasteiger partial charge is 0.326 e. The second kappa shape index (κ2) is 6.53. The summed E-state index contributed by atoms with van der Waals surface area (Å²) in [5, 5.41) is 3.93. The minimum Gasteiger partial charge on any atom is -0.326 e. The van der Waals surface area contributed by atoms with Crippen molar-refractivity contribution < 1.29 is 4.79 Å². The Labute approximate surface area is 140 Å². The molecule has 0 bridgehead atoms. The Morgan fingerprint density at radius 2 is 2.05 bits per heavy atom. The van der Waals surface area contributed by atoms with E-state index >= 15 is 0 Å². The summed E-state index contributed by atoms with van der Waals surface area (Å²) in [6.45, 7) is 0. The normalized spacial score (nSPS) is 10.7. The third-order valence-electron chi connectivity index (χ3n) is 3.01. The Balaban J connectivity index is 1.60. The molecule has 1 N–H and O–H groups in total. The van der Waals surface area contributed by atoms with Gasteiger partial charge < -0.3 is 5.32 Å². The van der Waals surface area contributed by atoms with Gasteiger partial charge in [-0.25, -0.2) is 4.98 Å². The second-order valence-electron chi connectivity index (χ2n) is 4.63. The van der Waals surface area contributed by atoms with Gasteiger partial charge >= 0.3 is 0 Å². The molecule has 1 heterocycles. The predicted octanol–water partition coefficient (Wildman–Crippen LogP) is 4.47. The highest BCUT2D eigenvalue weighted by molar-refractivity contribution is 14.1. The van der Waals surface area contributed by atoms with E-state index < -0.39 is 0 Å². The Hall–Kier alpha value is -1.47. The van der Waals surface area contributed by atoms with E-state index in [1.807, 2.05) is 42.5 Å². The quantitative estimate of drug-likeness (QED) is 0.648. The van der Waals surface area contributed by atoms with Gasteiger partial charge in [-0.1, -0.05) is 18.2 Å². The van der Waals surface area contributed by atoms with Crippen molar-refractivity contribution in [1.82, 2.24) is 4.98 Å². The average molecular weight is 408 g/mol. The Morgan fingerprint density at radius 1 is 1.19 bits per heavy atom. The zero-order valence-electron chi connectivity index (χ0n) is 11.2. The molecular formula is C16H13IN2OS. The molecule has 3 nitrogen and oxygen atoms in total. The van der Waals surface area contributed by atoms with Crippen molar-refractivity contribution in [3.63, 3.8) is 0 Å². The van der Waals surface area contributed by atoms with Crippen molar-refractivity contribution in [1.29, 1.82) is 0 Å². The van der Waals surface area contributed by atoms with Crippen molar-refractivity contribution in [3.8, 4) is 0 Å². The van der Waals surface area contributed by atoms with Crippen LogP contribution in [-0.2, 0) is 11.2 Å². The van der Waals surface area contributed by atoms with Gasteiger partial charge in [0, 0.05) is 22.1 Å². The summed E-state index contributed by atoms with van der Waals surface area (Å²) >= 11 is 3.89. The Morgan fingerprint density at radius 3 is 2.86 bits per heavy atom. The van der Waals surface area contributed by atoms with E-state index in [9.17, 15) is 4.79 Å². The fourth-order valence-corrected chi connectivity index (χ4v) is 3.55. The van der Waals surface area contributed by atoms with Crippen LogP contribution in [0.15, 0.2) is 48.5 Å². The zero-order chi connectivity index (χ0) is 14.7. The maximum absolute atomic E-state index is 12.0. The fraction of sp³-hybridized carbons (Fsp3) is 0.125. The molecule has 0 saturated heterocycles. The van der Waals surface area contributed by atoms with Gasteiger partial charge in [0.25, 0.3) is 0 Å². The molecule has 106 valence electrons. The molecule has 3 aromatic rings. The summed E-state index contributed by atoms with van der Waals surface area (Å²) in [6, 6.07) is 15.8. The summed E-state index contributed by atoms with van der Waals surface area (Å²) in [7, 11) is 0. The highest BCUT2D eigenvalue weighted by Crippen LogP contribution is 2.22. The molecule has 2 aromatic carbocycles. The van der Waals surface area contributed by atoms with Crippen LogP contribution in [0.25, 0.3) is 10.2 Å². The number of nitrogens with zero attached hydrogens (tertiary/aromatic N) is 1. The molecule has 0 saturated carbocycles. The lowest BCUT2D eigenvalue weighted by Gasteiger charge is -2.04.